The van der Waals surface area contributed by atoms with Gasteiger partial charge in [-0.15, -0.1) is 0 Å². The molecule has 0 unspecified atom stereocenters. The van der Waals surface area contributed by atoms with Crippen LogP contribution in [0, 0.1) is 0 Å². The largest absolute Gasteiger partial charge is 0.489 e. The van der Waals surface area contributed by atoms with Crippen LogP contribution in [0.15, 0.2) is 82.4 Å². The first-order valence-corrected chi connectivity index (χ1v) is 9.33. The minimum Gasteiger partial charge on any atom is -0.489 e. The van der Waals surface area contributed by atoms with Crippen LogP contribution < -0.4 is 10.2 Å². The molecule has 0 aliphatic rings. The molecule has 1 amide bonds. The first-order valence-electron chi connectivity index (χ1n) is 8.16. The van der Waals surface area contributed by atoms with Gasteiger partial charge < -0.3 is 4.74 Å². The summed E-state index contributed by atoms with van der Waals surface area (Å²) in [6.45, 7) is 0.472. The highest BCUT2D eigenvalue weighted by Crippen LogP contribution is 2.16. The van der Waals surface area contributed by atoms with Crippen molar-refractivity contribution >= 4 is 39.7 Å². The van der Waals surface area contributed by atoms with Crippen LogP contribution in [0.4, 0.5) is 0 Å². The fraction of sp³-hybridized carbons (Fsp3) is 0.0476. The Morgan fingerprint density at radius 2 is 1.85 bits per heavy atom. The van der Waals surface area contributed by atoms with Crippen LogP contribution in [0.3, 0.4) is 0 Å². The van der Waals surface area contributed by atoms with Gasteiger partial charge in [-0.2, -0.15) is 5.10 Å². The summed E-state index contributed by atoms with van der Waals surface area (Å²) >= 11 is 9.29. The molecule has 0 aliphatic heterocycles. The molecule has 3 rings (SSSR count). The Balaban J connectivity index is 1.57. The maximum Gasteiger partial charge on any atom is 0.271 e. The summed E-state index contributed by atoms with van der Waals surface area (Å²) in [5, 5.41) is 4.49. The summed E-state index contributed by atoms with van der Waals surface area (Å²) in [7, 11) is 0. The zero-order chi connectivity index (χ0) is 19.1. The molecule has 0 atom stereocenters. The van der Waals surface area contributed by atoms with Crippen molar-refractivity contribution in [3.05, 3.63) is 99.0 Å². The Hall–Kier alpha value is -2.63. The number of carbonyl (C=O) groups excluding carboxylic acids is 1. The second-order valence-corrected chi connectivity index (χ2v) is 7.05. The third kappa shape index (κ3) is 5.94. The monoisotopic (exact) mass is 442 g/mol. The molecule has 4 nitrogen and oxygen atoms in total. The molecule has 0 fully saturated rings. The highest BCUT2D eigenvalue weighted by atomic mass is 79.9. The van der Waals surface area contributed by atoms with E-state index in [4.69, 9.17) is 16.3 Å². The SMILES string of the molecule is O=C(N/N=C\c1cccc(OCc2ccc(Br)cc2)c1)c1cccc(Cl)c1. The van der Waals surface area contributed by atoms with Gasteiger partial charge in [0.2, 0.25) is 0 Å². The molecule has 27 heavy (non-hydrogen) atoms. The van der Waals surface area contributed by atoms with Gasteiger partial charge in [-0.3, -0.25) is 4.79 Å². The van der Waals surface area contributed by atoms with Crippen LogP contribution in [-0.2, 0) is 6.61 Å². The first-order chi connectivity index (χ1) is 13.1. The molecule has 3 aromatic carbocycles. The highest BCUT2D eigenvalue weighted by Gasteiger charge is 2.04. The van der Waals surface area contributed by atoms with E-state index >= 15 is 0 Å². The summed E-state index contributed by atoms with van der Waals surface area (Å²) in [6.07, 6.45) is 1.56. The van der Waals surface area contributed by atoms with E-state index in [2.05, 4.69) is 26.5 Å². The summed E-state index contributed by atoms with van der Waals surface area (Å²) in [5.74, 6) is 0.402. The van der Waals surface area contributed by atoms with Gasteiger partial charge in [-0.1, -0.05) is 57.9 Å². The molecular weight excluding hydrogens is 428 g/mol. The van der Waals surface area contributed by atoms with Crippen LogP contribution in [0.2, 0.25) is 5.02 Å². The van der Waals surface area contributed by atoms with Crippen LogP contribution in [0.25, 0.3) is 0 Å². The first kappa shape index (κ1) is 19.1. The number of rotatable bonds is 6. The lowest BCUT2D eigenvalue weighted by atomic mass is 10.2. The van der Waals surface area contributed by atoms with E-state index in [1.165, 1.54) is 0 Å². The van der Waals surface area contributed by atoms with Crippen molar-refractivity contribution in [2.24, 2.45) is 5.10 Å². The van der Waals surface area contributed by atoms with Crippen LogP contribution in [0.1, 0.15) is 21.5 Å². The number of amides is 1. The molecule has 0 aliphatic carbocycles. The number of hydrogen-bond acceptors (Lipinski definition) is 3. The maximum atomic E-state index is 12.0. The lowest BCUT2D eigenvalue weighted by Crippen LogP contribution is -2.17. The van der Waals surface area contributed by atoms with Crippen molar-refractivity contribution in [2.75, 3.05) is 0 Å². The maximum absolute atomic E-state index is 12.0. The van der Waals surface area contributed by atoms with E-state index in [0.717, 1.165) is 21.3 Å². The van der Waals surface area contributed by atoms with Gasteiger partial charge in [0.25, 0.3) is 5.91 Å². The van der Waals surface area contributed by atoms with Crippen molar-refractivity contribution in [1.29, 1.82) is 0 Å². The number of ether oxygens (including phenoxy) is 1. The predicted octanol–water partition coefficient (Wildman–Crippen LogP) is 5.45. The smallest absolute Gasteiger partial charge is 0.271 e. The second-order valence-electron chi connectivity index (χ2n) is 5.70. The van der Waals surface area contributed by atoms with E-state index in [1.54, 1.807) is 30.5 Å². The van der Waals surface area contributed by atoms with Gasteiger partial charge in [-0.25, -0.2) is 5.43 Å². The topological polar surface area (TPSA) is 50.7 Å². The fourth-order valence-electron chi connectivity index (χ4n) is 2.29. The number of nitrogens with one attached hydrogen (secondary N) is 1. The van der Waals surface area contributed by atoms with Gasteiger partial charge in [0.1, 0.15) is 12.4 Å². The molecule has 0 saturated heterocycles. The Labute approximate surface area is 171 Å². The second kappa shape index (κ2) is 9.35. The van der Waals surface area contributed by atoms with Crippen LogP contribution >= 0.6 is 27.5 Å². The lowest BCUT2D eigenvalue weighted by Gasteiger charge is -2.07. The van der Waals surface area contributed by atoms with Crippen molar-refractivity contribution in [3.63, 3.8) is 0 Å². The summed E-state index contributed by atoms with van der Waals surface area (Å²) in [5.41, 5.74) is 4.82. The Bertz CT molecular complexity index is 958. The van der Waals surface area contributed by atoms with Gasteiger partial charge in [0, 0.05) is 15.1 Å². The fourth-order valence-corrected chi connectivity index (χ4v) is 2.75. The molecule has 0 bridgehead atoms. The van der Waals surface area contributed by atoms with Crippen molar-refractivity contribution in [1.82, 2.24) is 5.43 Å². The molecule has 1 N–H and O–H groups in total. The van der Waals surface area contributed by atoms with Gasteiger partial charge in [0.05, 0.1) is 6.21 Å². The average molecular weight is 444 g/mol. The Morgan fingerprint density at radius 1 is 1.07 bits per heavy atom. The van der Waals surface area contributed by atoms with Gasteiger partial charge >= 0.3 is 0 Å². The molecule has 0 saturated carbocycles. The highest BCUT2D eigenvalue weighted by molar-refractivity contribution is 9.10. The quantitative estimate of drug-likeness (QED) is 0.407. The lowest BCUT2D eigenvalue weighted by molar-refractivity contribution is 0.0955. The van der Waals surface area contributed by atoms with Crippen molar-refractivity contribution < 1.29 is 9.53 Å². The zero-order valence-corrected chi connectivity index (χ0v) is 16.6. The normalized spacial score (nSPS) is 10.7. The number of halogens is 2. The predicted molar refractivity (Wildman–Crippen MR) is 111 cm³/mol. The third-order valence-corrected chi connectivity index (χ3v) is 4.41. The van der Waals surface area contributed by atoms with E-state index in [0.29, 0.717) is 17.2 Å². The molecule has 0 aromatic heterocycles. The van der Waals surface area contributed by atoms with Crippen molar-refractivity contribution in [2.45, 2.75) is 6.61 Å². The zero-order valence-electron chi connectivity index (χ0n) is 14.2. The van der Waals surface area contributed by atoms with E-state index in [-0.39, 0.29) is 5.91 Å². The third-order valence-electron chi connectivity index (χ3n) is 3.64. The van der Waals surface area contributed by atoms with Crippen LogP contribution in [-0.4, -0.2) is 12.1 Å². The molecule has 136 valence electrons. The standard InChI is InChI=1S/C21H16BrClN2O2/c22-18-9-7-15(8-10-18)14-27-20-6-1-3-16(11-20)13-24-25-21(26)17-4-2-5-19(23)12-17/h1-13H,14H2,(H,25,26)/b24-13-. The summed E-state index contributed by atoms with van der Waals surface area (Å²) in [4.78, 5) is 12.0. The Morgan fingerprint density at radius 3 is 2.63 bits per heavy atom. The minimum absolute atomic E-state index is 0.323. The summed E-state index contributed by atoms with van der Waals surface area (Å²) in [6, 6.07) is 22.1. The molecule has 0 spiro atoms. The van der Waals surface area contributed by atoms with Gasteiger partial charge in [0.15, 0.2) is 0 Å². The molecule has 0 heterocycles. The molecular formula is C21H16BrClN2O2. The van der Waals surface area contributed by atoms with Crippen LogP contribution in [0.5, 0.6) is 5.75 Å². The summed E-state index contributed by atoms with van der Waals surface area (Å²) < 4.78 is 6.84. The van der Waals surface area contributed by atoms with Gasteiger partial charge in [-0.05, 0) is 53.6 Å². The number of nitrogens with zero attached hydrogens (tertiary/aromatic N) is 1. The van der Waals surface area contributed by atoms with E-state index < -0.39 is 0 Å². The minimum atomic E-state index is -0.323. The molecule has 6 heteroatoms. The number of carbonyl (C=O) groups is 1. The molecule has 0 radical (unpaired) electrons. The Kier molecular flexibility index (Phi) is 6.63. The van der Waals surface area contributed by atoms with E-state index in [1.807, 2.05) is 48.5 Å². The van der Waals surface area contributed by atoms with Crippen molar-refractivity contribution in [3.8, 4) is 5.75 Å². The average Bonchev–Trinajstić information content (AvgIpc) is 2.68. The number of hydrazone groups is 1. The van der Waals surface area contributed by atoms with E-state index in [9.17, 15) is 4.79 Å². The molecule has 3 aromatic rings. The number of hydrogen-bond donors (Lipinski definition) is 1. The number of benzene rings is 3.